The monoisotopic (exact) mass is 742 g/mol. The SMILES string of the molecule is CCCC[N+](=O)[O-].COSP(c1ccc(OC(=O)CC2=C(C)/C(=C/c3ccc(SC)cc3)c3cc(OC=O)c(F)cc32)cc1)N1CCOCC1. The normalized spacial score (nSPS) is 15.6. The summed E-state index contributed by atoms with van der Waals surface area (Å²) in [4.78, 5) is 34.6. The van der Waals surface area contributed by atoms with Gasteiger partial charge in [-0.3, -0.25) is 24.4 Å². The molecule has 0 amide bonds. The van der Waals surface area contributed by atoms with Crippen LogP contribution in [0.1, 0.15) is 49.8 Å². The zero-order valence-corrected chi connectivity index (χ0v) is 30.9. The number of nitrogens with zero attached hydrogens (tertiary/aromatic N) is 2. The largest absolute Gasteiger partial charge is 0.426 e. The van der Waals surface area contributed by atoms with E-state index in [1.54, 1.807) is 31.0 Å². The van der Waals surface area contributed by atoms with Crippen LogP contribution in [-0.2, 0) is 18.5 Å². The lowest BCUT2D eigenvalue weighted by Crippen LogP contribution is -2.34. The van der Waals surface area contributed by atoms with E-state index in [0.717, 1.165) is 46.4 Å². The Balaban J connectivity index is 0.000000727. The lowest BCUT2D eigenvalue weighted by Gasteiger charge is -2.32. The van der Waals surface area contributed by atoms with Crippen LogP contribution in [0.5, 0.6) is 11.5 Å². The number of esters is 1. The summed E-state index contributed by atoms with van der Waals surface area (Å²) in [5.74, 6) is -0.891. The van der Waals surface area contributed by atoms with Gasteiger partial charge in [0.2, 0.25) is 6.54 Å². The van der Waals surface area contributed by atoms with E-state index in [1.807, 2.05) is 62.6 Å². The Bertz CT molecular complexity index is 1700. The van der Waals surface area contributed by atoms with E-state index in [9.17, 15) is 24.1 Å². The number of benzene rings is 3. The van der Waals surface area contributed by atoms with Gasteiger partial charge in [-0.25, -0.2) is 4.39 Å². The van der Waals surface area contributed by atoms with Crippen molar-refractivity contribution in [2.75, 3.05) is 46.2 Å². The van der Waals surface area contributed by atoms with Gasteiger partial charge in [0, 0.05) is 46.3 Å². The summed E-state index contributed by atoms with van der Waals surface area (Å²) in [6.07, 6.45) is 5.55. The molecule has 0 saturated carbocycles. The third kappa shape index (κ3) is 10.7. The second kappa shape index (κ2) is 19.7. The van der Waals surface area contributed by atoms with Gasteiger partial charge in [-0.1, -0.05) is 19.1 Å². The summed E-state index contributed by atoms with van der Waals surface area (Å²) in [5, 5.41) is 10.7. The molecule has 0 radical (unpaired) electrons. The van der Waals surface area contributed by atoms with Gasteiger partial charge >= 0.3 is 5.97 Å². The highest BCUT2D eigenvalue weighted by molar-refractivity contribution is 8.54. The zero-order chi connectivity index (χ0) is 36.0. The first-order valence-corrected chi connectivity index (χ1v) is 19.8. The van der Waals surface area contributed by atoms with Crippen molar-refractivity contribution in [1.29, 1.82) is 0 Å². The molecule has 5 rings (SSSR count). The van der Waals surface area contributed by atoms with E-state index in [-0.39, 0.29) is 30.1 Å². The van der Waals surface area contributed by atoms with Crippen LogP contribution in [-0.4, -0.2) is 68.2 Å². The molecule has 266 valence electrons. The first kappa shape index (κ1) is 39.2. The van der Waals surface area contributed by atoms with Gasteiger partial charge in [0.15, 0.2) is 11.6 Å². The third-order valence-electron chi connectivity index (χ3n) is 7.84. The number of unbranched alkanes of at least 4 members (excludes halogenated alkanes) is 1. The highest BCUT2D eigenvalue weighted by Gasteiger charge is 2.29. The first-order chi connectivity index (χ1) is 24.2. The summed E-state index contributed by atoms with van der Waals surface area (Å²) in [5.41, 5.74) is 4.51. The molecule has 50 heavy (non-hydrogen) atoms. The van der Waals surface area contributed by atoms with E-state index in [1.165, 1.54) is 23.8 Å². The van der Waals surface area contributed by atoms with Crippen molar-refractivity contribution in [1.82, 2.24) is 4.67 Å². The molecular formula is C36H40FN2O8PS2. The number of nitro groups is 1. The highest BCUT2D eigenvalue weighted by Crippen LogP contribution is 2.52. The van der Waals surface area contributed by atoms with Crippen molar-refractivity contribution in [2.24, 2.45) is 0 Å². The fraction of sp³-hybridized carbons (Fsp3) is 0.333. The quantitative estimate of drug-likeness (QED) is 0.0234. The molecular weight excluding hydrogens is 703 g/mol. The molecule has 0 aromatic heterocycles. The summed E-state index contributed by atoms with van der Waals surface area (Å²) >= 11 is 3.09. The molecule has 2 aliphatic rings. The van der Waals surface area contributed by atoms with E-state index >= 15 is 0 Å². The smallest absolute Gasteiger partial charge is 0.315 e. The number of carbonyl (C=O) groups excluding carboxylic acids is 2. The van der Waals surface area contributed by atoms with Crippen LogP contribution in [0.25, 0.3) is 17.2 Å². The summed E-state index contributed by atoms with van der Waals surface area (Å²) in [7, 11) is 0.899. The van der Waals surface area contributed by atoms with Crippen molar-refractivity contribution < 1.29 is 37.3 Å². The number of thioether (sulfide) groups is 1. The van der Waals surface area contributed by atoms with Gasteiger partial charge in [-0.2, -0.15) is 0 Å². The number of allylic oxidation sites excluding steroid dienone is 2. The van der Waals surface area contributed by atoms with Gasteiger partial charge in [-0.15, -0.1) is 11.8 Å². The molecule has 1 heterocycles. The van der Waals surface area contributed by atoms with Crippen molar-refractivity contribution in [3.63, 3.8) is 0 Å². The average molecular weight is 743 g/mol. The first-order valence-electron chi connectivity index (χ1n) is 16.0. The van der Waals surface area contributed by atoms with Crippen LogP contribution in [0.3, 0.4) is 0 Å². The fourth-order valence-corrected chi connectivity index (χ4v) is 9.12. The van der Waals surface area contributed by atoms with Gasteiger partial charge in [0.05, 0.1) is 34.0 Å². The lowest BCUT2D eigenvalue weighted by atomic mass is 10.00. The van der Waals surface area contributed by atoms with Gasteiger partial charge < -0.3 is 18.4 Å². The topological polar surface area (TPSA) is 117 Å². The van der Waals surface area contributed by atoms with Gasteiger partial charge in [-0.05, 0) is 108 Å². The Morgan fingerprint density at radius 3 is 2.38 bits per heavy atom. The highest BCUT2D eigenvalue weighted by atomic mass is 32.7. The van der Waals surface area contributed by atoms with Gasteiger partial charge in [0.25, 0.3) is 6.47 Å². The van der Waals surface area contributed by atoms with Crippen LogP contribution in [0.2, 0.25) is 0 Å². The van der Waals surface area contributed by atoms with E-state index < -0.39 is 19.1 Å². The number of hydrogen-bond donors (Lipinski definition) is 0. The summed E-state index contributed by atoms with van der Waals surface area (Å²) in [6, 6.07) is 18.4. The lowest BCUT2D eigenvalue weighted by molar-refractivity contribution is -0.480. The summed E-state index contributed by atoms with van der Waals surface area (Å²) in [6.45, 7) is 7.20. The predicted octanol–water partition coefficient (Wildman–Crippen LogP) is 8.03. The maximum Gasteiger partial charge on any atom is 0.315 e. The molecule has 1 atom stereocenters. The Labute approximate surface area is 301 Å². The fourth-order valence-electron chi connectivity index (χ4n) is 5.32. The van der Waals surface area contributed by atoms with Gasteiger partial charge in [0.1, 0.15) is 5.75 Å². The maximum absolute atomic E-state index is 14.9. The van der Waals surface area contributed by atoms with Crippen molar-refractivity contribution >= 4 is 65.7 Å². The number of halogens is 1. The molecule has 1 aliphatic carbocycles. The molecule has 10 nitrogen and oxygen atoms in total. The molecule has 3 aromatic carbocycles. The predicted molar refractivity (Wildman–Crippen MR) is 199 cm³/mol. The standard InChI is InChI=1S/C32H31FNO6PS2.C4H9NO2/c1-21-26(16-22-4-10-25(42-3)11-5-22)29-18-31(39-20-35)30(33)17-28(29)27(21)19-32(36)40-23-6-8-24(9-7-23)41(43-37-2)34-12-14-38-15-13-34;1-2-3-4-5(6)7/h4-11,16-18,20H,12-15,19H2,1-3H3;2-4H2,1H3/b26-16-;. The molecule has 3 aromatic rings. The summed E-state index contributed by atoms with van der Waals surface area (Å²) < 4.78 is 38.8. The molecule has 14 heteroatoms. The second-order valence-electron chi connectivity index (χ2n) is 11.1. The third-order valence-corrected chi connectivity index (χ3v) is 12.7. The molecule has 0 bridgehead atoms. The number of morpholine rings is 1. The van der Waals surface area contributed by atoms with Crippen molar-refractivity contribution in [3.05, 3.63) is 98.9 Å². The minimum Gasteiger partial charge on any atom is -0.426 e. The number of fused-ring (bicyclic) bond motifs is 1. The molecule has 0 N–H and O–H groups in total. The van der Waals surface area contributed by atoms with Crippen LogP contribution in [0, 0.1) is 15.9 Å². The zero-order valence-electron chi connectivity index (χ0n) is 28.4. The molecule has 1 unspecified atom stereocenters. The average Bonchev–Trinajstić information content (AvgIpc) is 3.36. The Morgan fingerprint density at radius 2 is 1.80 bits per heavy atom. The Hall–Kier alpha value is -3.58. The van der Waals surface area contributed by atoms with Crippen LogP contribution >= 0.6 is 30.7 Å². The van der Waals surface area contributed by atoms with Crippen LogP contribution < -0.4 is 14.8 Å². The number of carbonyl (C=O) groups is 2. The van der Waals surface area contributed by atoms with E-state index in [2.05, 4.69) is 4.67 Å². The Kier molecular flexibility index (Phi) is 15.5. The molecule has 0 spiro atoms. The minimum absolute atomic E-state index is 0.0589. The molecule has 1 aliphatic heterocycles. The van der Waals surface area contributed by atoms with E-state index in [0.29, 0.717) is 42.1 Å². The molecule has 1 saturated heterocycles. The van der Waals surface area contributed by atoms with Crippen LogP contribution in [0.15, 0.2) is 71.1 Å². The number of ether oxygens (including phenoxy) is 3. The van der Waals surface area contributed by atoms with E-state index in [4.69, 9.17) is 18.4 Å². The minimum atomic E-state index is -0.766. The molecule has 1 fully saturated rings. The van der Waals surface area contributed by atoms with Crippen LogP contribution in [0.4, 0.5) is 4.39 Å². The Morgan fingerprint density at radius 1 is 1.10 bits per heavy atom. The number of hydrogen-bond acceptors (Lipinski definition) is 11. The number of rotatable bonds is 14. The maximum atomic E-state index is 14.9. The second-order valence-corrected chi connectivity index (χ2v) is 15.6. The van der Waals surface area contributed by atoms with Crippen molar-refractivity contribution in [2.45, 2.75) is 38.0 Å². The van der Waals surface area contributed by atoms with Crippen molar-refractivity contribution in [3.8, 4) is 11.5 Å².